The van der Waals surface area contributed by atoms with E-state index in [1.165, 1.54) is 0 Å². The minimum Gasteiger partial charge on any atom is -0.482 e. The third kappa shape index (κ3) is 6.65. The van der Waals surface area contributed by atoms with Crippen molar-refractivity contribution >= 4 is 51.6 Å². The molecule has 0 aliphatic rings. The molecule has 0 aliphatic carbocycles. The highest BCUT2D eigenvalue weighted by atomic mass is 35.5. The molecule has 0 unspecified atom stereocenters. The molecule has 0 saturated carbocycles. The average molecular weight is 465 g/mol. The predicted molar refractivity (Wildman–Crippen MR) is 111 cm³/mol. The van der Waals surface area contributed by atoms with E-state index in [4.69, 9.17) is 42.1 Å². The quantitative estimate of drug-likeness (QED) is 0.296. The van der Waals surface area contributed by atoms with Gasteiger partial charge in [-0.15, -0.1) is 0 Å². The van der Waals surface area contributed by atoms with E-state index in [1.54, 1.807) is 13.8 Å². The SMILES string of the molecule is CCOC(=O)c1sc(Nc2nc(Cl)c(OCC(OCC)OCC)c(Cl)n2)nc1C. The zero-order chi connectivity index (χ0) is 21.4. The van der Waals surface area contributed by atoms with Crippen molar-refractivity contribution in [2.75, 3.05) is 31.7 Å². The zero-order valence-electron chi connectivity index (χ0n) is 16.5. The number of carbonyl (C=O) groups excluding carboxylic acids is 1. The second-order valence-corrected chi connectivity index (χ2v) is 7.10. The van der Waals surface area contributed by atoms with Crippen LogP contribution >= 0.6 is 34.5 Å². The second-order valence-electron chi connectivity index (χ2n) is 5.39. The molecule has 2 heterocycles. The van der Waals surface area contributed by atoms with E-state index < -0.39 is 12.3 Å². The summed E-state index contributed by atoms with van der Waals surface area (Å²) in [4.78, 5) is 24.8. The Morgan fingerprint density at radius 1 is 1.07 bits per heavy atom. The Kier molecular flexibility index (Phi) is 9.31. The van der Waals surface area contributed by atoms with Crippen molar-refractivity contribution in [3.8, 4) is 5.75 Å². The molecule has 0 spiro atoms. The monoisotopic (exact) mass is 464 g/mol. The number of thiazole rings is 1. The highest BCUT2D eigenvalue weighted by Crippen LogP contribution is 2.33. The molecule has 0 bridgehead atoms. The Hall–Kier alpha value is -1.72. The number of halogens is 2. The van der Waals surface area contributed by atoms with Crippen LogP contribution in [-0.2, 0) is 14.2 Å². The smallest absolute Gasteiger partial charge is 0.350 e. The molecule has 2 rings (SSSR count). The van der Waals surface area contributed by atoms with E-state index in [9.17, 15) is 4.79 Å². The van der Waals surface area contributed by atoms with Crippen LogP contribution < -0.4 is 10.1 Å². The molecule has 0 atom stereocenters. The van der Waals surface area contributed by atoms with Crippen LogP contribution in [0.2, 0.25) is 10.3 Å². The standard InChI is InChI=1S/C17H22Cl2N4O5S/c1-5-25-10(26-6-2)8-28-11-13(18)21-16(22-14(11)19)23-17-20-9(4)12(29-17)15(24)27-7-3/h10H,5-8H2,1-4H3,(H,20,21,22,23). The largest absolute Gasteiger partial charge is 0.482 e. The lowest BCUT2D eigenvalue weighted by atomic mass is 10.4. The normalized spacial score (nSPS) is 11.0. The van der Waals surface area contributed by atoms with Gasteiger partial charge in [-0.25, -0.2) is 9.78 Å². The van der Waals surface area contributed by atoms with Crippen molar-refractivity contribution < 1.29 is 23.7 Å². The summed E-state index contributed by atoms with van der Waals surface area (Å²) in [5, 5.41) is 3.31. The Bertz CT molecular complexity index is 807. The van der Waals surface area contributed by atoms with Gasteiger partial charge in [0, 0.05) is 13.2 Å². The fourth-order valence-corrected chi connectivity index (χ4v) is 3.52. The summed E-state index contributed by atoms with van der Waals surface area (Å²) in [6.45, 7) is 8.44. The first-order chi connectivity index (χ1) is 13.9. The predicted octanol–water partition coefficient (Wildman–Crippen LogP) is 4.25. The van der Waals surface area contributed by atoms with E-state index in [0.717, 1.165) is 11.3 Å². The number of hydrogen-bond donors (Lipinski definition) is 1. The Labute approximate surface area is 182 Å². The van der Waals surface area contributed by atoms with Crippen LogP contribution in [0.4, 0.5) is 11.1 Å². The molecule has 0 saturated heterocycles. The number of rotatable bonds is 11. The number of hydrogen-bond acceptors (Lipinski definition) is 10. The van der Waals surface area contributed by atoms with Crippen molar-refractivity contribution in [1.29, 1.82) is 0 Å². The van der Waals surface area contributed by atoms with Crippen molar-refractivity contribution in [3.05, 3.63) is 20.9 Å². The number of aromatic nitrogens is 3. The van der Waals surface area contributed by atoms with Crippen molar-refractivity contribution in [1.82, 2.24) is 15.0 Å². The maximum Gasteiger partial charge on any atom is 0.350 e. The first-order valence-corrected chi connectivity index (χ1v) is 10.5. The highest BCUT2D eigenvalue weighted by molar-refractivity contribution is 7.17. The Balaban J connectivity index is 2.11. The third-order valence-corrected chi connectivity index (χ3v) is 4.89. The molecule has 29 heavy (non-hydrogen) atoms. The van der Waals surface area contributed by atoms with Crippen LogP contribution in [0.1, 0.15) is 36.1 Å². The van der Waals surface area contributed by atoms with Crippen LogP contribution in [0, 0.1) is 6.92 Å². The van der Waals surface area contributed by atoms with Gasteiger partial charge in [-0.05, 0) is 27.7 Å². The van der Waals surface area contributed by atoms with E-state index in [0.29, 0.717) is 28.9 Å². The maximum absolute atomic E-state index is 11.9. The molecule has 0 amide bonds. The second kappa shape index (κ2) is 11.5. The number of nitrogens with one attached hydrogen (secondary N) is 1. The maximum atomic E-state index is 11.9. The Morgan fingerprint density at radius 3 is 2.24 bits per heavy atom. The fourth-order valence-electron chi connectivity index (χ4n) is 2.17. The van der Waals surface area contributed by atoms with Gasteiger partial charge in [0.05, 0.1) is 12.3 Å². The first-order valence-electron chi connectivity index (χ1n) is 8.90. The van der Waals surface area contributed by atoms with Crippen LogP contribution in [0.25, 0.3) is 0 Å². The van der Waals surface area contributed by atoms with Crippen LogP contribution in [0.5, 0.6) is 5.75 Å². The lowest BCUT2D eigenvalue weighted by Crippen LogP contribution is -2.25. The molecule has 2 aromatic rings. The van der Waals surface area contributed by atoms with E-state index in [-0.39, 0.29) is 35.2 Å². The van der Waals surface area contributed by atoms with Gasteiger partial charge in [0.25, 0.3) is 0 Å². The molecular weight excluding hydrogens is 443 g/mol. The minimum absolute atomic E-state index is 0.0122. The van der Waals surface area contributed by atoms with Gasteiger partial charge in [-0.1, -0.05) is 34.5 Å². The van der Waals surface area contributed by atoms with Gasteiger partial charge in [-0.2, -0.15) is 9.97 Å². The highest BCUT2D eigenvalue weighted by Gasteiger charge is 2.19. The number of ether oxygens (including phenoxy) is 4. The summed E-state index contributed by atoms with van der Waals surface area (Å²) in [7, 11) is 0. The molecule has 0 aliphatic heterocycles. The fraction of sp³-hybridized carbons (Fsp3) is 0.529. The molecule has 2 aromatic heterocycles. The molecular formula is C17H22Cl2N4O5S. The summed E-state index contributed by atoms with van der Waals surface area (Å²) in [6.07, 6.45) is -0.561. The van der Waals surface area contributed by atoms with Gasteiger partial charge in [0.15, 0.2) is 27.5 Å². The molecule has 1 N–H and O–H groups in total. The number of aryl methyl sites for hydroxylation is 1. The number of carbonyl (C=O) groups is 1. The summed E-state index contributed by atoms with van der Waals surface area (Å²) >= 11 is 13.5. The summed E-state index contributed by atoms with van der Waals surface area (Å²) in [5.41, 5.74) is 0.533. The minimum atomic E-state index is -0.561. The third-order valence-electron chi connectivity index (χ3n) is 3.33. The van der Waals surface area contributed by atoms with Gasteiger partial charge < -0.3 is 18.9 Å². The average Bonchev–Trinajstić information content (AvgIpc) is 3.01. The molecule has 0 radical (unpaired) electrons. The van der Waals surface area contributed by atoms with Gasteiger partial charge >= 0.3 is 5.97 Å². The molecule has 160 valence electrons. The van der Waals surface area contributed by atoms with Crippen LogP contribution in [0.15, 0.2) is 0 Å². The number of esters is 1. The van der Waals surface area contributed by atoms with Crippen molar-refractivity contribution in [2.45, 2.75) is 34.0 Å². The van der Waals surface area contributed by atoms with E-state index >= 15 is 0 Å². The molecule has 0 fully saturated rings. The van der Waals surface area contributed by atoms with Gasteiger partial charge in [0.1, 0.15) is 11.5 Å². The lowest BCUT2D eigenvalue weighted by molar-refractivity contribution is -0.152. The summed E-state index contributed by atoms with van der Waals surface area (Å²) in [5.74, 6) is -0.206. The van der Waals surface area contributed by atoms with Crippen molar-refractivity contribution in [2.24, 2.45) is 0 Å². The van der Waals surface area contributed by atoms with Crippen LogP contribution in [-0.4, -0.2) is 53.6 Å². The van der Waals surface area contributed by atoms with Gasteiger partial charge in [-0.3, -0.25) is 5.32 Å². The zero-order valence-corrected chi connectivity index (χ0v) is 18.8. The van der Waals surface area contributed by atoms with E-state index in [1.807, 2.05) is 13.8 Å². The lowest BCUT2D eigenvalue weighted by Gasteiger charge is -2.18. The first kappa shape index (κ1) is 23.6. The Morgan fingerprint density at radius 2 is 1.69 bits per heavy atom. The molecule has 0 aromatic carbocycles. The molecule has 12 heteroatoms. The van der Waals surface area contributed by atoms with Crippen LogP contribution in [0.3, 0.4) is 0 Å². The van der Waals surface area contributed by atoms with Crippen molar-refractivity contribution in [3.63, 3.8) is 0 Å². The van der Waals surface area contributed by atoms with E-state index in [2.05, 4.69) is 20.3 Å². The summed E-state index contributed by atoms with van der Waals surface area (Å²) in [6, 6.07) is 0. The molecule has 9 nitrogen and oxygen atoms in total. The summed E-state index contributed by atoms with van der Waals surface area (Å²) < 4.78 is 21.4. The number of anilines is 2. The topological polar surface area (TPSA) is 105 Å². The number of nitrogens with zero attached hydrogens (tertiary/aromatic N) is 3. The van der Waals surface area contributed by atoms with Gasteiger partial charge in [0.2, 0.25) is 5.95 Å².